The number of nitrogens with one attached hydrogen (secondary N) is 1. The van der Waals surface area contributed by atoms with Gasteiger partial charge in [0, 0.05) is 28.3 Å². The quantitative estimate of drug-likeness (QED) is 0.389. The number of benzene rings is 2. The van der Waals surface area contributed by atoms with E-state index in [0.29, 0.717) is 16.1 Å². The summed E-state index contributed by atoms with van der Waals surface area (Å²) in [5.74, 6) is 0.280. The molecule has 134 valence electrons. The molecule has 2 aromatic carbocycles. The average Bonchev–Trinajstić information content (AvgIpc) is 3.07. The second-order valence-electron chi connectivity index (χ2n) is 6.73. The highest BCUT2D eigenvalue weighted by Gasteiger charge is 2.40. The zero-order valence-corrected chi connectivity index (χ0v) is 15.4. The van der Waals surface area contributed by atoms with E-state index in [9.17, 15) is 15.2 Å². The van der Waals surface area contributed by atoms with Gasteiger partial charge in [-0.15, -0.1) is 0 Å². The van der Waals surface area contributed by atoms with Gasteiger partial charge in [0.2, 0.25) is 0 Å². The largest absolute Gasteiger partial charge is 0.506 e. The van der Waals surface area contributed by atoms with E-state index in [1.807, 2.05) is 6.07 Å². The predicted molar refractivity (Wildman–Crippen MR) is 102 cm³/mol. The lowest BCUT2D eigenvalue weighted by atomic mass is 9.76. The average molecular weight is 391 g/mol. The van der Waals surface area contributed by atoms with Gasteiger partial charge in [0.15, 0.2) is 0 Å². The summed E-state index contributed by atoms with van der Waals surface area (Å²) < 4.78 is 0. The Bertz CT molecular complexity index is 958. The van der Waals surface area contributed by atoms with Gasteiger partial charge in [-0.3, -0.25) is 10.1 Å². The lowest BCUT2D eigenvalue weighted by Gasteiger charge is -2.38. The zero-order valence-electron chi connectivity index (χ0n) is 13.9. The van der Waals surface area contributed by atoms with Gasteiger partial charge in [-0.05, 0) is 43.0 Å². The number of aromatic hydroxyl groups is 1. The number of phenols is 1. The third-order valence-electron chi connectivity index (χ3n) is 5.36. The van der Waals surface area contributed by atoms with Crippen LogP contribution < -0.4 is 5.32 Å². The zero-order chi connectivity index (χ0) is 18.6. The molecular weight excluding hydrogens is 375 g/mol. The molecule has 3 atom stereocenters. The summed E-state index contributed by atoms with van der Waals surface area (Å²) in [5, 5.41) is 25.9. The molecule has 0 bridgehead atoms. The summed E-state index contributed by atoms with van der Waals surface area (Å²) in [4.78, 5) is 10.9. The van der Waals surface area contributed by atoms with Crippen molar-refractivity contribution in [2.24, 2.45) is 5.92 Å². The fourth-order valence-corrected chi connectivity index (χ4v) is 4.64. The number of halogens is 2. The van der Waals surface area contributed by atoms with Gasteiger partial charge in [-0.2, -0.15) is 0 Å². The van der Waals surface area contributed by atoms with Crippen LogP contribution in [0.2, 0.25) is 10.0 Å². The van der Waals surface area contributed by atoms with E-state index in [-0.39, 0.29) is 39.3 Å². The molecule has 0 radical (unpaired) electrons. The molecule has 3 unspecified atom stereocenters. The first-order chi connectivity index (χ1) is 12.4. The van der Waals surface area contributed by atoms with Crippen molar-refractivity contribution in [3.63, 3.8) is 0 Å². The second-order valence-corrected chi connectivity index (χ2v) is 7.58. The monoisotopic (exact) mass is 390 g/mol. The molecule has 0 saturated heterocycles. The lowest BCUT2D eigenvalue weighted by Crippen LogP contribution is -2.29. The standard InChI is InChI=1S/C19H16Cl2N2O3/c1-9-16(23(25)26)6-5-13-11-3-2-4-12(11)18(22-17(9)13)14-7-10(20)8-15(21)19(14)24/h2-3,5-8,11-12,18,22,24H,4H2,1H3. The molecular formula is C19H16Cl2N2O3. The SMILES string of the molecule is Cc1c([N+](=O)[O-])ccc2c1NC(c1cc(Cl)cc(Cl)c1O)C1CC=CC21. The number of anilines is 1. The summed E-state index contributed by atoms with van der Waals surface area (Å²) in [6.45, 7) is 1.74. The van der Waals surface area contributed by atoms with Gasteiger partial charge in [0.1, 0.15) is 5.75 Å². The van der Waals surface area contributed by atoms with Crippen molar-refractivity contribution in [1.29, 1.82) is 0 Å². The summed E-state index contributed by atoms with van der Waals surface area (Å²) in [6.07, 6.45) is 5.08. The number of fused-ring (bicyclic) bond motifs is 3. The summed E-state index contributed by atoms with van der Waals surface area (Å²) in [7, 11) is 0. The maximum atomic E-state index is 11.3. The smallest absolute Gasteiger partial charge is 0.274 e. The highest BCUT2D eigenvalue weighted by Crippen LogP contribution is 2.53. The molecule has 0 saturated carbocycles. The fourth-order valence-electron chi connectivity index (χ4n) is 4.13. The molecule has 0 aromatic heterocycles. The number of nitro benzene ring substituents is 1. The third-order valence-corrected chi connectivity index (χ3v) is 5.86. The number of allylic oxidation sites excluding steroid dienone is 2. The van der Waals surface area contributed by atoms with Crippen LogP contribution in [0.3, 0.4) is 0 Å². The van der Waals surface area contributed by atoms with E-state index >= 15 is 0 Å². The Hall–Kier alpha value is -2.24. The Labute approximate surface area is 160 Å². The number of nitro groups is 1. The Kier molecular flexibility index (Phi) is 4.09. The minimum absolute atomic E-state index is 0.00856. The lowest BCUT2D eigenvalue weighted by molar-refractivity contribution is -0.385. The number of phenolic OH excluding ortho intramolecular Hbond substituents is 1. The van der Waals surface area contributed by atoms with Crippen LogP contribution in [0.4, 0.5) is 11.4 Å². The van der Waals surface area contributed by atoms with Gasteiger partial charge < -0.3 is 10.4 Å². The molecule has 5 nitrogen and oxygen atoms in total. The van der Waals surface area contributed by atoms with E-state index in [2.05, 4.69) is 17.5 Å². The maximum absolute atomic E-state index is 11.3. The van der Waals surface area contributed by atoms with E-state index in [0.717, 1.165) is 17.7 Å². The maximum Gasteiger partial charge on any atom is 0.274 e. The molecule has 0 spiro atoms. The Morgan fingerprint density at radius 2 is 2.04 bits per heavy atom. The summed E-state index contributed by atoms with van der Waals surface area (Å²) in [6, 6.07) is 6.33. The predicted octanol–water partition coefficient (Wildman–Crippen LogP) is 5.74. The summed E-state index contributed by atoms with van der Waals surface area (Å²) in [5.41, 5.74) is 3.05. The Morgan fingerprint density at radius 3 is 2.77 bits per heavy atom. The van der Waals surface area contributed by atoms with Gasteiger partial charge in [-0.1, -0.05) is 35.4 Å². The first-order valence-corrected chi connectivity index (χ1v) is 9.03. The molecule has 2 N–H and O–H groups in total. The third kappa shape index (κ3) is 2.54. The van der Waals surface area contributed by atoms with Gasteiger partial charge in [-0.25, -0.2) is 0 Å². The topological polar surface area (TPSA) is 75.4 Å². The normalized spacial score (nSPS) is 23.3. The van der Waals surface area contributed by atoms with Gasteiger partial charge >= 0.3 is 0 Å². The van der Waals surface area contributed by atoms with Crippen LogP contribution in [-0.2, 0) is 0 Å². The van der Waals surface area contributed by atoms with Crippen molar-refractivity contribution in [3.8, 4) is 5.75 Å². The van der Waals surface area contributed by atoms with E-state index in [1.165, 1.54) is 6.07 Å². The van der Waals surface area contributed by atoms with Crippen LogP contribution in [-0.4, -0.2) is 10.0 Å². The molecule has 2 aliphatic rings. The van der Waals surface area contributed by atoms with Crippen LogP contribution in [0.15, 0.2) is 36.4 Å². The van der Waals surface area contributed by atoms with E-state index in [4.69, 9.17) is 23.2 Å². The molecule has 7 heteroatoms. The van der Waals surface area contributed by atoms with Crippen molar-refractivity contribution in [2.75, 3.05) is 5.32 Å². The minimum Gasteiger partial charge on any atom is -0.506 e. The molecule has 2 aromatic rings. The van der Waals surface area contributed by atoms with Crippen molar-refractivity contribution < 1.29 is 10.0 Å². The summed E-state index contributed by atoms with van der Waals surface area (Å²) >= 11 is 12.3. The van der Waals surface area contributed by atoms with E-state index < -0.39 is 0 Å². The molecule has 0 fully saturated rings. The van der Waals surface area contributed by atoms with Crippen LogP contribution in [0.5, 0.6) is 5.75 Å². The molecule has 1 aliphatic heterocycles. The van der Waals surface area contributed by atoms with Crippen molar-refractivity contribution in [2.45, 2.75) is 25.3 Å². The Balaban J connectivity index is 1.89. The highest BCUT2D eigenvalue weighted by molar-refractivity contribution is 6.35. The molecule has 1 aliphatic carbocycles. The van der Waals surface area contributed by atoms with Crippen molar-refractivity contribution in [3.05, 3.63) is 73.3 Å². The van der Waals surface area contributed by atoms with Crippen LogP contribution in [0.1, 0.15) is 35.1 Å². The molecule has 0 amide bonds. The van der Waals surface area contributed by atoms with Crippen molar-refractivity contribution in [1.82, 2.24) is 0 Å². The second kappa shape index (κ2) is 6.18. The number of rotatable bonds is 2. The Morgan fingerprint density at radius 1 is 1.27 bits per heavy atom. The molecule has 26 heavy (non-hydrogen) atoms. The van der Waals surface area contributed by atoms with Crippen LogP contribution >= 0.6 is 23.2 Å². The van der Waals surface area contributed by atoms with E-state index in [1.54, 1.807) is 19.1 Å². The number of nitrogens with zero attached hydrogens (tertiary/aromatic N) is 1. The fraction of sp³-hybridized carbons (Fsp3) is 0.263. The van der Waals surface area contributed by atoms with Crippen LogP contribution in [0.25, 0.3) is 0 Å². The first-order valence-electron chi connectivity index (χ1n) is 8.27. The first kappa shape index (κ1) is 17.2. The minimum atomic E-state index is -0.378. The number of hydrogen-bond donors (Lipinski definition) is 2. The molecule has 1 heterocycles. The van der Waals surface area contributed by atoms with Gasteiger partial charge in [0.25, 0.3) is 5.69 Å². The molecule has 4 rings (SSSR count). The van der Waals surface area contributed by atoms with Crippen molar-refractivity contribution >= 4 is 34.6 Å². The number of hydrogen-bond acceptors (Lipinski definition) is 4. The highest BCUT2D eigenvalue weighted by atomic mass is 35.5. The van der Waals surface area contributed by atoms with Crippen LogP contribution in [0, 0.1) is 23.0 Å². The van der Waals surface area contributed by atoms with Gasteiger partial charge in [0.05, 0.1) is 21.6 Å².